The molecule has 1 aromatic carbocycles. The predicted molar refractivity (Wildman–Crippen MR) is 56.6 cm³/mol. The summed E-state index contributed by atoms with van der Waals surface area (Å²) in [5.41, 5.74) is 3.10. The molecule has 0 bridgehead atoms. The molecule has 1 aromatic rings. The molecule has 1 saturated heterocycles. The molecule has 74 valence electrons. The summed E-state index contributed by atoms with van der Waals surface area (Å²) in [6, 6.07) is 8.63. The predicted octanol–water partition coefficient (Wildman–Crippen LogP) is 2.20. The van der Waals surface area contributed by atoms with Crippen LogP contribution in [0.15, 0.2) is 24.3 Å². The van der Waals surface area contributed by atoms with E-state index in [0.29, 0.717) is 5.54 Å². The molecular formula is C12H15NO. The highest BCUT2D eigenvalue weighted by Gasteiger charge is 2.37. The summed E-state index contributed by atoms with van der Waals surface area (Å²) in [4.78, 5) is 0. The van der Waals surface area contributed by atoms with Gasteiger partial charge in [-0.25, -0.2) is 0 Å². The van der Waals surface area contributed by atoms with E-state index in [1.807, 2.05) is 0 Å². The lowest BCUT2D eigenvalue weighted by molar-refractivity contribution is 0.0624. The van der Waals surface area contributed by atoms with Gasteiger partial charge in [0.1, 0.15) is 0 Å². The third kappa shape index (κ3) is 1.22. The Labute approximate surface area is 84.3 Å². The lowest BCUT2D eigenvalue weighted by Gasteiger charge is -2.34. The van der Waals surface area contributed by atoms with Gasteiger partial charge in [-0.1, -0.05) is 18.2 Å². The molecule has 0 saturated carbocycles. The highest BCUT2D eigenvalue weighted by atomic mass is 16.5. The molecule has 0 aromatic heterocycles. The topological polar surface area (TPSA) is 21.3 Å². The van der Waals surface area contributed by atoms with Crippen LogP contribution in [0.25, 0.3) is 0 Å². The van der Waals surface area contributed by atoms with Crippen molar-refractivity contribution < 1.29 is 4.74 Å². The highest BCUT2D eigenvalue weighted by molar-refractivity contribution is 5.58. The van der Waals surface area contributed by atoms with Crippen LogP contribution in [0.5, 0.6) is 0 Å². The summed E-state index contributed by atoms with van der Waals surface area (Å²) in [5, 5.41) is 3.67. The molecule has 1 fully saturated rings. The average molecular weight is 189 g/mol. The number of fused-ring (bicyclic) bond motifs is 1. The zero-order chi connectivity index (χ0) is 9.43. The van der Waals surface area contributed by atoms with Crippen LogP contribution in [0.2, 0.25) is 0 Å². The molecule has 2 aliphatic heterocycles. The minimum Gasteiger partial charge on any atom is -0.381 e. The fourth-order valence-corrected chi connectivity index (χ4v) is 2.55. The Kier molecular flexibility index (Phi) is 1.77. The molecule has 0 aliphatic carbocycles. The number of hydrogen-bond acceptors (Lipinski definition) is 2. The Morgan fingerprint density at radius 1 is 1.14 bits per heavy atom. The van der Waals surface area contributed by atoms with Crippen molar-refractivity contribution in [1.82, 2.24) is 0 Å². The SMILES string of the molecule is c1ccc2c(c1)CC1(CCOCC1)N2. The van der Waals surface area contributed by atoms with Gasteiger partial charge in [-0.05, 0) is 30.9 Å². The number of anilines is 1. The molecule has 2 heterocycles. The maximum absolute atomic E-state index is 5.42. The summed E-state index contributed by atoms with van der Waals surface area (Å²) in [6.45, 7) is 1.81. The largest absolute Gasteiger partial charge is 0.381 e. The highest BCUT2D eigenvalue weighted by Crippen LogP contribution is 2.37. The van der Waals surface area contributed by atoms with Crippen molar-refractivity contribution in [3.63, 3.8) is 0 Å². The van der Waals surface area contributed by atoms with E-state index in [0.717, 1.165) is 26.1 Å². The van der Waals surface area contributed by atoms with E-state index < -0.39 is 0 Å². The minimum atomic E-state index is 0.307. The van der Waals surface area contributed by atoms with Crippen LogP contribution in [0.1, 0.15) is 18.4 Å². The molecule has 1 N–H and O–H groups in total. The van der Waals surface area contributed by atoms with Crippen molar-refractivity contribution in [3.8, 4) is 0 Å². The number of benzene rings is 1. The second kappa shape index (κ2) is 2.99. The van der Waals surface area contributed by atoms with Gasteiger partial charge in [0.2, 0.25) is 0 Å². The molecule has 3 rings (SSSR count). The molecule has 1 spiro atoms. The van der Waals surface area contributed by atoms with Gasteiger partial charge in [-0.15, -0.1) is 0 Å². The van der Waals surface area contributed by atoms with Crippen molar-refractivity contribution in [1.29, 1.82) is 0 Å². The number of para-hydroxylation sites is 1. The smallest absolute Gasteiger partial charge is 0.0488 e. The van der Waals surface area contributed by atoms with Crippen molar-refractivity contribution in [2.24, 2.45) is 0 Å². The van der Waals surface area contributed by atoms with E-state index in [-0.39, 0.29) is 0 Å². The van der Waals surface area contributed by atoms with Crippen LogP contribution in [-0.4, -0.2) is 18.8 Å². The monoisotopic (exact) mass is 189 g/mol. The van der Waals surface area contributed by atoms with Gasteiger partial charge in [-0.3, -0.25) is 0 Å². The molecule has 2 nitrogen and oxygen atoms in total. The van der Waals surface area contributed by atoms with Gasteiger partial charge in [0.25, 0.3) is 0 Å². The first-order valence-electron chi connectivity index (χ1n) is 5.32. The van der Waals surface area contributed by atoms with Crippen LogP contribution in [0.4, 0.5) is 5.69 Å². The van der Waals surface area contributed by atoms with Crippen LogP contribution in [-0.2, 0) is 11.2 Å². The van der Waals surface area contributed by atoms with Crippen molar-refractivity contribution >= 4 is 5.69 Å². The zero-order valence-electron chi connectivity index (χ0n) is 8.25. The quantitative estimate of drug-likeness (QED) is 0.675. The Hall–Kier alpha value is -1.02. The molecular weight excluding hydrogens is 174 g/mol. The van der Waals surface area contributed by atoms with E-state index in [9.17, 15) is 0 Å². The number of nitrogens with one attached hydrogen (secondary N) is 1. The zero-order valence-corrected chi connectivity index (χ0v) is 8.25. The molecule has 0 radical (unpaired) electrons. The first-order valence-corrected chi connectivity index (χ1v) is 5.32. The van der Waals surface area contributed by atoms with Crippen LogP contribution < -0.4 is 5.32 Å². The lowest BCUT2D eigenvalue weighted by Crippen LogP contribution is -2.41. The lowest BCUT2D eigenvalue weighted by atomic mass is 9.87. The first kappa shape index (κ1) is 8.30. The van der Waals surface area contributed by atoms with Crippen molar-refractivity contribution in [2.75, 3.05) is 18.5 Å². The first-order chi connectivity index (χ1) is 6.88. The van der Waals surface area contributed by atoms with E-state index in [4.69, 9.17) is 4.74 Å². The number of rotatable bonds is 0. The van der Waals surface area contributed by atoms with Gasteiger partial charge in [-0.2, -0.15) is 0 Å². The summed E-state index contributed by atoms with van der Waals surface area (Å²) in [5.74, 6) is 0. The van der Waals surface area contributed by atoms with E-state index >= 15 is 0 Å². The summed E-state index contributed by atoms with van der Waals surface area (Å²) < 4.78 is 5.42. The number of ether oxygens (including phenoxy) is 1. The molecule has 2 heteroatoms. The van der Waals surface area contributed by atoms with Gasteiger partial charge in [0.05, 0.1) is 0 Å². The van der Waals surface area contributed by atoms with Gasteiger partial charge in [0.15, 0.2) is 0 Å². The summed E-state index contributed by atoms with van der Waals surface area (Å²) in [6.07, 6.45) is 3.45. The van der Waals surface area contributed by atoms with Crippen LogP contribution >= 0.6 is 0 Å². The standard InChI is InChI=1S/C12H15NO/c1-2-4-11-10(3-1)9-12(13-11)5-7-14-8-6-12/h1-4,13H,5-9H2. The van der Waals surface area contributed by atoms with Crippen LogP contribution in [0, 0.1) is 0 Å². The second-order valence-electron chi connectivity index (χ2n) is 4.35. The van der Waals surface area contributed by atoms with Crippen molar-refractivity contribution in [2.45, 2.75) is 24.8 Å². The number of hydrogen-bond donors (Lipinski definition) is 1. The average Bonchev–Trinajstić information content (AvgIpc) is 2.56. The second-order valence-corrected chi connectivity index (χ2v) is 4.35. The Balaban J connectivity index is 1.89. The van der Waals surface area contributed by atoms with Gasteiger partial charge >= 0.3 is 0 Å². The summed E-state index contributed by atoms with van der Waals surface area (Å²) >= 11 is 0. The van der Waals surface area contributed by atoms with Gasteiger partial charge < -0.3 is 10.1 Å². The Morgan fingerprint density at radius 2 is 1.93 bits per heavy atom. The maximum atomic E-state index is 5.42. The van der Waals surface area contributed by atoms with E-state index in [1.165, 1.54) is 17.7 Å². The third-order valence-electron chi connectivity index (χ3n) is 3.40. The van der Waals surface area contributed by atoms with E-state index in [2.05, 4.69) is 29.6 Å². The third-order valence-corrected chi connectivity index (χ3v) is 3.40. The minimum absolute atomic E-state index is 0.307. The van der Waals surface area contributed by atoms with E-state index in [1.54, 1.807) is 0 Å². The Bertz CT molecular complexity index is 315. The fourth-order valence-electron chi connectivity index (χ4n) is 2.55. The van der Waals surface area contributed by atoms with Gasteiger partial charge in [0, 0.05) is 24.4 Å². The summed E-state index contributed by atoms with van der Waals surface area (Å²) in [7, 11) is 0. The Morgan fingerprint density at radius 3 is 2.71 bits per heavy atom. The normalized spacial score (nSPS) is 23.1. The molecule has 0 atom stereocenters. The van der Waals surface area contributed by atoms with Crippen molar-refractivity contribution in [3.05, 3.63) is 29.8 Å². The molecule has 0 unspecified atom stereocenters. The van der Waals surface area contributed by atoms with Crippen LogP contribution in [0.3, 0.4) is 0 Å². The molecule has 14 heavy (non-hydrogen) atoms. The maximum Gasteiger partial charge on any atom is 0.0488 e. The molecule has 2 aliphatic rings. The fraction of sp³-hybridized carbons (Fsp3) is 0.500. The molecule has 0 amide bonds.